The van der Waals surface area contributed by atoms with Crippen LogP contribution in [0.3, 0.4) is 0 Å². The average Bonchev–Trinajstić information content (AvgIpc) is 2.32. The van der Waals surface area contributed by atoms with Crippen LogP contribution in [-0.4, -0.2) is 19.3 Å². The second-order valence-corrected chi connectivity index (χ2v) is 4.69. The summed E-state index contributed by atoms with van der Waals surface area (Å²) >= 11 is 0. The highest BCUT2D eigenvalue weighted by Crippen LogP contribution is 2.11. The Kier molecular flexibility index (Phi) is 3.97. The van der Waals surface area contributed by atoms with Gasteiger partial charge in [-0.2, -0.15) is 0 Å². The molecule has 2 rings (SSSR count). The molecule has 1 aliphatic rings. The highest BCUT2D eigenvalue weighted by atomic mass is 16.5. The first-order chi connectivity index (χ1) is 7.75. The van der Waals surface area contributed by atoms with Gasteiger partial charge >= 0.3 is 0 Å². The van der Waals surface area contributed by atoms with Gasteiger partial charge in [-0.1, -0.05) is 18.2 Å². The maximum Gasteiger partial charge on any atom is 0.0480 e. The molecule has 0 amide bonds. The van der Waals surface area contributed by atoms with Crippen LogP contribution >= 0.6 is 0 Å². The van der Waals surface area contributed by atoms with Crippen LogP contribution in [0.5, 0.6) is 0 Å². The molecule has 2 heteroatoms. The molecule has 2 nitrogen and oxygen atoms in total. The van der Waals surface area contributed by atoms with E-state index < -0.39 is 0 Å². The molecular weight excluding hydrogens is 198 g/mol. The van der Waals surface area contributed by atoms with Gasteiger partial charge in [0.2, 0.25) is 0 Å². The summed E-state index contributed by atoms with van der Waals surface area (Å²) < 4.78 is 5.35. The molecule has 0 atom stereocenters. The highest BCUT2D eigenvalue weighted by Gasteiger charge is 2.12. The number of hydrogen-bond acceptors (Lipinski definition) is 2. The third-order valence-electron chi connectivity index (χ3n) is 3.39. The van der Waals surface area contributed by atoms with Crippen molar-refractivity contribution in [1.29, 1.82) is 0 Å². The quantitative estimate of drug-likeness (QED) is 0.843. The minimum absolute atomic E-state index is 0.635. The molecule has 0 radical (unpaired) electrons. The van der Waals surface area contributed by atoms with Gasteiger partial charge in [0, 0.05) is 25.8 Å². The minimum Gasteiger partial charge on any atom is -0.381 e. The second-order valence-electron chi connectivity index (χ2n) is 4.69. The van der Waals surface area contributed by atoms with Gasteiger partial charge in [0.05, 0.1) is 0 Å². The van der Waals surface area contributed by atoms with Gasteiger partial charge in [-0.15, -0.1) is 0 Å². The van der Waals surface area contributed by atoms with Crippen LogP contribution in [0.25, 0.3) is 0 Å². The first-order valence-electron chi connectivity index (χ1n) is 6.13. The fourth-order valence-electron chi connectivity index (χ4n) is 2.08. The number of nitrogens with one attached hydrogen (secondary N) is 1. The largest absolute Gasteiger partial charge is 0.381 e. The van der Waals surface area contributed by atoms with E-state index in [0.29, 0.717) is 6.04 Å². The lowest BCUT2D eigenvalue weighted by atomic mass is 10.1. The lowest BCUT2D eigenvalue weighted by Crippen LogP contribution is -2.34. The van der Waals surface area contributed by atoms with E-state index in [4.69, 9.17) is 4.74 Å². The molecular formula is C14H21NO. The van der Waals surface area contributed by atoms with Gasteiger partial charge in [-0.25, -0.2) is 0 Å². The van der Waals surface area contributed by atoms with Crippen molar-refractivity contribution in [3.63, 3.8) is 0 Å². The molecule has 0 saturated carbocycles. The van der Waals surface area contributed by atoms with Crippen molar-refractivity contribution in [3.05, 3.63) is 34.9 Å². The summed E-state index contributed by atoms with van der Waals surface area (Å²) in [6.45, 7) is 7.12. The normalized spacial score (nSPS) is 17.6. The Morgan fingerprint density at radius 2 is 1.94 bits per heavy atom. The number of hydrogen-bond donors (Lipinski definition) is 1. The third-order valence-corrected chi connectivity index (χ3v) is 3.39. The zero-order valence-corrected chi connectivity index (χ0v) is 10.3. The highest BCUT2D eigenvalue weighted by molar-refractivity contribution is 5.29. The standard InChI is InChI=1S/C14H21NO/c1-11-3-4-13(9-12(11)2)10-15-14-5-7-16-8-6-14/h3-4,9,14-15H,5-8,10H2,1-2H3. The van der Waals surface area contributed by atoms with E-state index in [0.717, 1.165) is 32.6 Å². The van der Waals surface area contributed by atoms with Gasteiger partial charge in [-0.3, -0.25) is 0 Å². The molecule has 0 spiro atoms. The van der Waals surface area contributed by atoms with E-state index in [2.05, 4.69) is 37.4 Å². The Balaban J connectivity index is 1.86. The Hall–Kier alpha value is -0.860. The topological polar surface area (TPSA) is 21.3 Å². The van der Waals surface area contributed by atoms with Crippen molar-refractivity contribution in [2.24, 2.45) is 0 Å². The molecule has 16 heavy (non-hydrogen) atoms. The molecule has 1 N–H and O–H groups in total. The SMILES string of the molecule is Cc1ccc(CNC2CCOCC2)cc1C. The fourth-order valence-corrected chi connectivity index (χ4v) is 2.08. The Labute approximate surface area is 98.0 Å². The zero-order valence-electron chi connectivity index (χ0n) is 10.3. The molecule has 88 valence electrons. The zero-order chi connectivity index (χ0) is 11.4. The number of rotatable bonds is 3. The summed E-state index contributed by atoms with van der Waals surface area (Å²) in [5, 5.41) is 3.60. The Bertz CT molecular complexity index is 343. The van der Waals surface area contributed by atoms with Crippen LogP contribution in [0.15, 0.2) is 18.2 Å². The third kappa shape index (κ3) is 3.06. The molecule has 1 aliphatic heterocycles. The summed E-state index contributed by atoms with van der Waals surface area (Å²) in [6.07, 6.45) is 2.29. The van der Waals surface area contributed by atoms with Crippen LogP contribution in [0, 0.1) is 13.8 Å². The van der Waals surface area contributed by atoms with Crippen molar-refractivity contribution in [2.45, 2.75) is 39.3 Å². The number of aryl methyl sites for hydroxylation is 2. The second kappa shape index (κ2) is 5.46. The van der Waals surface area contributed by atoms with Gasteiger partial charge in [-0.05, 0) is 43.4 Å². The van der Waals surface area contributed by atoms with E-state index in [1.165, 1.54) is 16.7 Å². The smallest absolute Gasteiger partial charge is 0.0480 e. The molecule has 0 bridgehead atoms. The molecule has 0 unspecified atom stereocenters. The first-order valence-corrected chi connectivity index (χ1v) is 6.13. The summed E-state index contributed by atoms with van der Waals surface area (Å²) in [6, 6.07) is 7.34. The van der Waals surface area contributed by atoms with Crippen LogP contribution in [0.1, 0.15) is 29.5 Å². The molecule has 1 heterocycles. The van der Waals surface area contributed by atoms with Gasteiger partial charge < -0.3 is 10.1 Å². The first kappa shape index (κ1) is 11.6. The number of benzene rings is 1. The maximum absolute atomic E-state index is 5.35. The average molecular weight is 219 g/mol. The van der Waals surface area contributed by atoms with Gasteiger partial charge in [0.15, 0.2) is 0 Å². The lowest BCUT2D eigenvalue weighted by Gasteiger charge is -2.23. The lowest BCUT2D eigenvalue weighted by molar-refractivity contribution is 0.0776. The van der Waals surface area contributed by atoms with E-state index in [1.54, 1.807) is 0 Å². The Morgan fingerprint density at radius 3 is 2.62 bits per heavy atom. The van der Waals surface area contributed by atoms with Crippen molar-refractivity contribution in [1.82, 2.24) is 5.32 Å². The predicted molar refractivity (Wildman–Crippen MR) is 66.6 cm³/mol. The molecule has 1 aromatic carbocycles. The van der Waals surface area contributed by atoms with Crippen molar-refractivity contribution in [3.8, 4) is 0 Å². The van der Waals surface area contributed by atoms with E-state index in [1.807, 2.05) is 0 Å². The van der Waals surface area contributed by atoms with Crippen molar-refractivity contribution in [2.75, 3.05) is 13.2 Å². The number of ether oxygens (including phenoxy) is 1. The minimum atomic E-state index is 0.635. The van der Waals surface area contributed by atoms with Crippen molar-refractivity contribution >= 4 is 0 Å². The molecule has 0 aromatic heterocycles. The summed E-state index contributed by atoms with van der Waals surface area (Å²) in [4.78, 5) is 0. The summed E-state index contributed by atoms with van der Waals surface area (Å²) in [5.41, 5.74) is 4.13. The summed E-state index contributed by atoms with van der Waals surface area (Å²) in [7, 11) is 0. The molecule has 1 saturated heterocycles. The van der Waals surface area contributed by atoms with E-state index in [9.17, 15) is 0 Å². The predicted octanol–water partition coefficient (Wildman–Crippen LogP) is 2.57. The Morgan fingerprint density at radius 1 is 1.19 bits per heavy atom. The summed E-state index contributed by atoms with van der Waals surface area (Å²) in [5.74, 6) is 0. The van der Waals surface area contributed by atoms with Crippen LogP contribution in [0.2, 0.25) is 0 Å². The fraction of sp³-hybridized carbons (Fsp3) is 0.571. The van der Waals surface area contributed by atoms with E-state index >= 15 is 0 Å². The van der Waals surface area contributed by atoms with Crippen molar-refractivity contribution < 1.29 is 4.74 Å². The van der Waals surface area contributed by atoms with E-state index in [-0.39, 0.29) is 0 Å². The molecule has 0 aliphatic carbocycles. The van der Waals surface area contributed by atoms with Crippen LogP contribution in [0.4, 0.5) is 0 Å². The maximum atomic E-state index is 5.35. The molecule has 1 aromatic rings. The molecule has 1 fully saturated rings. The monoisotopic (exact) mass is 219 g/mol. The van der Waals surface area contributed by atoms with Crippen LogP contribution < -0.4 is 5.32 Å². The van der Waals surface area contributed by atoms with Gasteiger partial charge in [0.25, 0.3) is 0 Å². The van der Waals surface area contributed by atoms with Crippen LogP contribution in [-0.2, 0) is 11.3 Å². The van der Waals surface area contributed by atoms with Gasteiger partial charge in [0.1, 0.15) is 0 Å².